The van der Waals surface area contributed by atoms with Crippen molar-refractivity contribution >= 4 is 23.2 Å². The first-order valence-electron chi connectivity index (χ1n) is 8.86. The topological polar surface area (TPSA) is 58.6 Å². The molecule has 2 aromatic carbocycles. The molecule has 0 aliphatic carbocycles. The van der Waals surface area contributed by atoms with E-state index in [4.69, 9.17) is 4.74 Å². The van der Waals surface area contributed by atoms with Crippen LogP contribution in [-0.2, 0) is 9.59 Å². The number of hydrogen-bond donors (Lipinski definition) is 1. The van der Waals surface area contributed by atoms with Gasteiger partial charge < -0.3 is 15.0 Å². The normalized spacial score (nSPS) is 13.8. The van der Waals surface area contributed by atoms with E-state index in [-0.39, 0.29) is 18.4 Å². The summed E-state index contributed by atoms with van der Waals surface area (Å²) >= 11 is 0. The number of nitrogens with zero attached hydrogens (tertiary/aromatic N) is 1. The minimum atomic E-state index is -0.246. The van der Waals surface area contributed by atoms with Gasteiger partial charge >= 0.3 is 0 Å². The molecule has 0 bridgehead atoms. The second kappa shape index (κ2) is 7.60. The fourth-order valence-electron chi connectivity index (χ4n) is 3.19. The average Bonchev–Trinajstić information content (AvgIpc) is 3.04. The fourth-order valence-corrected chi connectivity index (χ4v) is 3.19. The largest absolute Gasteiger partial charge is 0.483 e. The number of aryl methyl sites for hydroxylation is 2. The van der Waals surface area contributed by atoms with Crippen LogP contribution < -0.4 is 15.0 Å². The lowest BCUT2D eigenvalue weighted by molar-refractivity contribution is -0.118. The first-order valence-corrected chi connectivity index (χ1v) is 8.86. The molecule has 26 heavy (non-hydrogen) atoms. The fraction of sp³-hybridized carbons (Fsp3) is 0.333. The number of anilines is 2. The van der Waals surface area contributed by atoms with Crippen LogP contribution in [0.15, 0.2) is 36.4 Å². The number of hydrogen-bond acceptors (Lipinski definition) is 3. The van der Waals surface area contributed by atoms with E-state index in [0.29, 0.717) is 18.7 Å². The van der Waals surface area contributed by atoms with Gasteiger partial charge in [-0.25, -0.2) is 0 Å². The van der Waals surface area contributed by atoms with Crippen molar-refractivity contribution in [2.45, 2.75) is 33.6 Å². The van der Waals surface area contributed by atoms with E-state index in [1.807, 2.05) is 57.2 Å². The van der Waals surface area contributed by atoms with Gasteiger partial charge in [-0.2, -0.15) is 0 Å². The van der Waals surface area contributed by atoms with Gasteiger partial charge in [-0.3, -0.25) is 9.59 Å². The Morgan fingerprint density at radius 3 is 2.58 bits per heavy atom. The second-order valence-electron chi connectivity index (χ2n) is 6.66. The number of benzene rings is 2. The van der Waals surface area contributed by atoms with Crippen LogP contribution in [0, 0.1) is 20.8 Å². The summed E-state index contributed by atoms with van der Waals surface area (Å²) < 4.78 is 5.78. The molecule has 0 aromatic heterocycles. The van der Waals surface area contributed by atoms with Crippen molar-refractivity contribution in [1.82, 2.24) is 0 Å². The molecule has 3 rings (SSSR count). The van der Waals surface area contributed by atoms with E-state index in [1.165, 1.54) is 0 Å². The van der Waals surface area contributed by atoms with E-state index in [0.717, 1.165) is 34.5 Å². The Hall–Kier alpha value is -2.82. The Balaban J connectivity index is 1.70. The molecule has 5 nitrogen and oxygen atoms in total. The number of rotatable bonds is 5. The van der Waals surface area contributed by atoms with Crippen molar-refractivity contribution in [3.63, 3.8) is 0 Å². The lowest BCUT2D eigenvalue weighted by atomic mass is 10.1. The van der Waals surface area contributed by atoms with Gasteiger partial charge in [0.15, 0.2) is 6.61 Å². The summed E-state index contributed by atoms with van der Waals surface area (Å²) in [5.41, 5.74) is 4.55. The minimum absolute atomic E-state index is 0.0760. The summed E-state index contributed by atoms with van der Waals surface area (Å²) in [6.07, 6.45) is 1.40. The molecule has 0 atom stereocenters. The van der Waals surface area contributed by atoms with Crippen molar-refractivity contribution in [2.24, 2.45) is 0 Å². The van der Waals surface area contributed by atoms with Gasteiger partial charge in [-0.15, -0.1) is 0 Å². The van der Waals surface area contributed by atoms with Crippen LogP contribution in [0.1, 0.15) is 29.5 Å². The van der Waals surface area contributed by atoms with Gasteiger partial charge in [0.25, 0.3) is 5.91 Å². The van der Waals surface area contributed by atoms with E-state index >= 15 is 0 Å². The zero-order chi connectivity index (χ0) is 18.7. The number of amides is 2. The van der Waals surface area contributed by atoms with Gasteiger partial charge in [-0.05, 0) is 56.0 Å². The summed E-state index contributed by atoms with van der Waals surface area (Å²) in [7, 11) is 0. The predicted octanol–water partition coefficient (Wildman–Crippen LogP) is 3.76. The Bertz CT molecular complexity index is 845. The molecule has 2 aromatic rings. The van der Waals surface area contributed by atoms with Crippen LogP contribution in [0.25, 0.3) is 0 Å². The van der Waals surface area contributed by atoms with Crippen molar-refractivity contribution in [2.75, 3.05) is 23.4 Å². The third kappa shape index (κ3) is 3.72. The summed E-state index contributed by atoms with van der Waals surface area (Å²) in [6, 6.07) is 11.4. The van der Waals surface area contributed by atoms with Crippen molar-refractivity contribution < 1.29 is 14.3 Å². The molecule has 1 heterocycles. The molecule has 1 fully saturated rings. The van der Waals surface area contributed by atoms with Gasteiger partial charge in [0.2, 0.25) is 5.91 Å². The predicted molar refractivity (Wildman–Crippen MR) is 103 cm³/mol. The first-order chi connectivity index (χ1) is 12.5. The Morgan fingerprint density at radius 1 is 1.12 bits per heavy atom. The van der Waals surface area contributed by atoms with E-state index in [2.05, 4.69) is 5.32 Å². The number of carbonyl (C=O) groups is 2. The Morgan fingerprint density at radius 2 is 1.85 bits per heavy atom. The molecular weight excluding hydrogens is 328 g/mol. The minimum Gasteiger partial charge on any atom is -0.483 e. The molecule has 0 unspecified atom stereocenters. The summed E-state index contributed by atoms with van der Waals surface area (Å²) in [4.78, 5) is 26.1. The highest BCUT2D eigenvalue weighted by Crippen LogP contribution is 2.29. The number of nitrogens with one attached hydrogen (secondary N) is 1. The van der Waals surface area contributed by atoms with Crippen LogP contribution >= 0.6 is 0 Å². The third-order valence-corrected chi connectivity index (χ3v) is 4.76. The van der Waals surface area contributed by atoms with Crippen LogP contribution in [0.5, 0.6) is 5.75 Å². The molecule has 1 N–H and O–H groups in total. The van der Waals surface area contributed by atoms with E-state index < -0.39 is 0 Å². The second-order valence-corrected chi connectivity index (χ2v) is 6.66. The number of para-hydroxylation sites is 2. The Kier molecular flexibility index (Phi) is 5.26. The van der Waals surface area contributed by atoms with Crippen LogP contribution in [-0.4, -0.2) is 25.0 Å². The maximum Gasteiger partial charge on any atom is 0.262 e. The number of carbonyl (C=O) groups excluding carboxylic acids is 2. The van der Waals surface area contributed by atoms with Crippen molar-refractivity contribution in [3.05, 3.63) is 53.1 Å². The summed E-state index contributed by atoms with van der Waals surface area (Å²) in [6.45, 7) is 6.58. The molecule has 2 amide bonds. The van der Waals surface area contributed by atoms with Gasteiger partial charge in [0.1, 0.15) is 5.75 Å². The zero-order valence-corrected chi connectivity index (χ0v) is 15.5. The maximum absolute atomic E-state index is 12.4. The summed E-state index contributed by atoms with van der Waals surface area (Å²) in [5.74, 6) is 0.599. The van der Waals surface area contributed by atoms with Gasteiger partial charge in [0.05, 0.1) is 11.4 Å². The molecule has 1 saturated heterocycles. The zero-order valence-electron chi connectivity index (χ0n) is 15.5. The monoisotopic (exact) mass is 352 g/mol. The highest BCUT2D eigenvalue weighted by molar-refractivity contribution is 6.02. The van der Waals surface area contributed by atoms with Gasteiger partial charge in [-0.1, -0.05) is 24.3 Å². The highest BCUT2D eigenvalue weighted by atomic mass is 16.5. The van der Waals surface area contributed by atoms with Crippen LogP contribution in [0.2, 0.25) is 0 Å². The van der Waals surface area contributed by atoms with Crippen molar-refractivity contribution in [1.29, 1.82) is 0 Å². The average molecular weight is 352 g/mol. The lowest BCUT2D eigenvalue weighted by Crippen LogP contribution is -2.27. The Labute approximate surface area is 154 Å². The molecule has 0 saturated carbocycles. The molecular formula is C21H24N2O3. The standard InChI is InChI=1S/C21H24N2O3/c1-14-10-11-15(2)21(16(14)3)26-13-19(24)22-17-7-4-5-8-18(17)23-12-6-9-20(23)25/h4-5,7-8,10-11H,6,9,12-13H2,1-3H3,(H,22,24). The maximum atomic E-state index is 12.4. The molecule has 0 spiro atoms. The molecule has 1 aliphatic heterocycles. The van der Waals surface area contributed by atoms with E-state index in [9.17, 15) is 9.59 Å². The summed E-state index contributed by atoms with van der Waals surface area (Å²) in [5, 5.41) is 2.87. The van der Waals surface area contributed by atoms with E-state index in [1.54, 1.807) is 4.90 Å². The van der Waals surface area contributed by atoms with Crippen LogP contribution in [0.3, 0.4) is 0 Å². The van der Waals surface area contributed by atoms with Crippen molar-refractivity contribution in [3.8, 4) is 5.75 Å². The lowest BCUT2D eigenvalue weighted by Gasteiger charge is -2.20. The smallest absolute Gasteiger partial charge is 0.262 e. The first kappa shape index (κ1) is 18.0. The molecule has 0 radical (unpaired) electrons. The molecule has 5 heteroatoms. The quantitative estimate of drug-likeness (QED) is 0.891. The van der Waals surface area contributed by atoms with Gasteiger partial charge in [0, 0.05) is 13.0 Å². The third-order valence-electron chi connectivity index (χ3n) is 4.76. The van der Waals surface area contributed by atoms with Crippen LogP contribution in [0.4, 0.5) is 11.4 Å². The SMILES string of the molecule is Cc1ccc(C)c(OCC(=O)Nc2ccccc2N2CCCC2=O)c1C. The number of ether oxygens (including phenoxy) is 1. The molecule has 1 aliphatic rings. The highest BCUT2D eigenvalue weighted by Gasteiger charge is 2.24. The molecule has 136 valence electrons.